The van der Waals surface area contributed by atoms with Crippen molar-refractivity contribution in [1.82, 2.24) is 19.9 Å². The Hall–Kier alpha value is -3.48. The van der Waals surface area contributed by atoms with Gasteiger partial charge in [-0.15, -0.1) is 0 Å². The summed E-state index contributed by atoms with van der Waals surface area (Å²) < 4.78 is 65.8. The number of aromatic nitrogens is 3. The number of aromatic amines is 1. The number of nitrogens with one attached hydrogen (secondary N) is 2. The quantitative estimate of drug-likeness (QED) is 0.538. The normalized spacial score (nSPS) is 17.7. The van der Waals surface area contributed by atoms with Gasteiger partial charge in [0.05, 0.1) is 40.3 Å². The molecule has 13 heteroatoms. The van der Waals surface area contributed by atoms with E-state index < -0.39 is 62.4 Å². The van der Waals surface area contributed by atoms with Gasteiger partial charge in [0.2, 0.25) is 5.91 Å². The summed E-state index contributed by atoms with van der Waals surface area (Å²) in [6, 6.07) is 1.24. The van der Waals surface area contributed by atoms with Gasteiger partial charge in [0.1, 0.15) is 33.3 Å². The highest BCUT2D eigenvalue weighted by molar-refractivity contribution is 7.91. The summed E-state index contributed by atoms with van der Waals surface area (Å²) in [7, 11) is -3.34. The van der Waals surface area contributed by atoms with Gasteiger partial charge in [-0.05, 0) is 43.9 Å². The van der Waals surface area contributed by atoms with Crippen LogP contribution in [0.3, 0.4) is 0 Å². The molecular weight excluding hydrogens is 489 g/mol. The van der Waals surface area contributed by atoms with Crippen LogP contribution in [0.2, 0.25) is 0 Å². The molecule has 1 saturated heterocycles. The van der Waals surface area contributed by atoms with Gasteiger partial charge in [-0.3, -0.25) is 14.6 Å². The van der Waals surface area contributed by atoms with Crippen molar-refractivity contribution in [2.45, 2.75) is 31.8 Å². The molecule has 1 fully saturated rings. The van der Waals surface area contributed by atoms with Crippen LogP contribution in [-0.4, -0.2) is 40.4 Å². The standard InChI is InChI=1S/C22H21F3N4O5S/c1-11(18-16(25)9-14(24)10-26-18)27-20(30)19(12-4-6-35(33,34)7-5-12)29-21(31)15-8-13(23)2-3-17(15)28-22(29)32/h2-3,8-12,19H,4-7H2,1H3,(H,27,30)(H,28,32)/t11-,19+/m1/s1. The van der Waals surface area contributed by atoms with Gasteiger partial charge in [0.15, 0.2) is 0 Å². The maximum atomic E-state index is 14.2. The lowest BCUT2D eigenvalue weighted by Gasteiger charge is -2.31. The molecule has 0 spiro atoms. The Labute approximate surface area is 196 Å². The largest absolute Gasteiger partial charge is 0.346 e. The van der Waals surface area contributed by atoms with E-state index in [0.29, 0.717) is 10.6 Å². The van der Waals surface area contributed by atoms with E-state index in [4.69, 9.17) is 0 Å². The Morgan fingerprint density at radius 1 is 1.14 bits per heavy atom. The van der Waals surface area contributed by atoms with Crippen LogP contribution in [0, 0.1) is 23.4 Å². The highest BCUT2D eigenvalue weighted by Gasteiger charge is 2.37. The molecule has 1 amide bonds. The fourth-order valence-electron chi connectivity index (χ4n) is 4.33. The van der Waals surface area contributed by atoms with Crippen molar-refractivity contribution < 1.29 is 26.4 Å². The number of hydrogen-bond donors (Lipinski definition) is 2. The summed E-state index contributed by atoms with van der Waals surface area (Å²) in [4.78, 5) is 45.6. The second-order valence-corrected chi connectivity index (χ2v) is 10.8. The molecule has 4 rings (SSSR count). The summed E-state index contributed by atoms with van der Waals surface area (Å²) in [5, 5.41) is 2.31. The maximum Gasteiger partial charge on any atom is 0.329 e. The van der Waals surface area contributed by atoms with E-state index in [2.05, 4.69) is 15.3 Å². The molecule has 1 aliphatic heterocycles. The number of benzene rings is 1. The highest BCUT2D eigenvalue weighted by Crippen LogP contribution is 2.30. The molecule has 2 N–H and O–H groups in total. The van der Waals surface area contributed by atoms with Crippen LogP contribution in [0.4, 0.5) is 13.2 Å². The van der Waals surface area contributed by atoms with Crippen LogP contribution in [0.25, 0.3) is 10.9 Å². The van der Waals surface area contributed by atoms with Crippen LogP contribution in [0.1, 0.15) is 37.5 Å². The fourth-order valence-corrected chi connectivity index (χ4v) is 5.86. The van der Waals surface area contributed by atoms with Gasteiger partial charge in [-0.2, -0.15) is 0 Å². The number of H-pyrrole nitrogens is 1. The number of rotatable bonds is 5. The van der Waals surface area contributed by atoms with Gasteiger partial charge >= 0.3 is 5.69 Å². The number of amides is 1. The SMILES string of the molecule is C[C@@H](NC(=O)[C@H](C1CCS(=O)(=O)CC1)n1c(=O)[nH]c2ccc(F)cc2c1=O)c1ncc(F)cc1F. The van der Waals surface area contributed by atoms with Crippen molar-refractivity contribution in [3.63, 3.8) is 0 Å². The summed E-state index contributed by atoms with van der Waals surface area (Å²) in [5.74, 6) is -4.75. The molecule has 35 heavy (non-hydrogen) atoms. The molecule has 1 aromatic carbocycles. The van der Waals surface area contributed by atoms with Gasteiger partial charge in [-0.1, -0.05) is 0 Å². The van der Waals surface area contributed by atoms with Crippen molar-refractivity contribution in [2.24, 2.45) is 5.92 Å². The van der Waals surface area contributed by atoms with Crippen molar-refractivity contribution in [2.75, 3.05) is 11.5 Å². The molecule has 0 unspecified atom stereocenters. The van der Waals surface area contributed by atoms with Crippen molar-refractivity contribution in [3.05, 3.63) is 74.4 Å². The molecule has 3 heterocycles. The predicted octanol–water partition coefficient (Wildman–Crippen LogP) is 1.75. The molecule has 9 nitrogen and oxygen atoms in total. The molecule has 0 saturated carbocycles. The van der Waals surface area contributed by atoms with Gasteiger partial charge in [-0.25, -0.2) is 31.0 Å². The minimum Gasteiger partial charge on any atom is -0.346 e. The van der Waals surface area contributed by atoms with Crippen molar-refractivity contribution >= 4 is 26.6 Å². The first-order valence-electron chi connectivity index (χ1n) is 10.7. The number of fused-ring (bicyclic) bond motifs is 1. The number of hydrogen-bond acceptors (Lipinski definition) is 6. The molecule has 2 atom stereocenters. The van der Waals surface area contributed by atoms with Crippen LogP contribution in [-0.2, 0) is 14.6 Å². The first kappa shape index (κ1) is 24.6. The number of nitrogens with zero attached hydrogens (tertiary/aromatic N) is 2. The summed E-state index contributed by atoms with van der Waals surface area (Å²) >= 11 is 0. The van der Waals surface area contributed by atoms with Gasteiger partial charge in [0.25, 0.3) is 5.56 Å². The van der Waals surface area contributed by atoms with Crippen LogP contribution in [0.15, 0.2) is 40.1 Å². The first-order valence-corrected chi connectivity index (χ1v) is 12.5. The van der Waals surface area contributed by atoms with E-state index in [0.717, 1.165) is 18.3 Å². The van der Waals surface area contributed by atoms with Gasteiger partial charge < -0.3 is 10.3 Å². The topological polar surface area (TPSA) is 131 Å². The third-order valence-corrected chi connectivity index (χ3v) is 7.80. The van der Waals surface area contributed by atoms with E-state index in [9.17, 15) is 36.0 Å². The average molecular weight is 510 g/mol. The van der Waals surface area contributed by atoms with E-state index in [1.54, 1.807) is 0 Å². The number of carbonyl (C=O) groups is 1. The third-order valence-electron chi connectivity index (χ3n) is 6.09. The number of halogens is 3. The zero-order valence-corrected chi connectivity index (χ0v) is 19.2. The fraction of sp³-hybridized carbons (Fsp3) is 0.364. The van der Waals surface area contributed by atoms with E-state index >= 15 is 0 Å². The maximum absolute atomic E-state index is 14.2. The average Bonchev–Trinajstić information content (AvgIpc) is 2.77. The van der Waals surface area contributed by atoms with Crippen molar-refractivity contribution in [3.8, 4) is 0 Å². The number of sulfone groups is 1. The molecule has 0 aliphatic carbocycles. The molecule has 1 aliphatic rings. The van der Waals surface area contributed by atoms with E-state index in [-0.39, 0.29) is 40.9 Å². The molecule has 186 valence electrons. The molecule has 0 radical (unpaired) electrons. The molecule has 0 bridgehead atoms. The zero-order chi connectivity index (χ0) is 25.5. The Morgan fingerprint density at radius 3 is 2.49 bits per heavy atom. The Morgan fingerprint density at radius 2 is 1.83 bits per heavy atom. The van der Waals surface area contributed by atoms with Gasteiger partial charge in [0, 0.05) is 6.07 Å². The number of carbonyl (C=O) groups excluding carboxylic acids is 1. The van der Waals surface area contributed by atoms with E-state index in [1.165, 1.54) is 13.0 Å². The highest BCUT2D eigenvalue weighted by atomic mass is 32.2. The lowest BCUT2D eigenvalue weighted by molar-refractivity contribution is -0.127. The molecule has 2 aromatic heterocycles. The second kappa shape index (κ2) is 9.29. The lowest BCUT2D eigenvalue weighted by Crippen LogP contribution is -2.49. The summed E-state index contributed by atoms with van der Waals surface area (Å²) in [5.41, 5.74) is -2.09. The number of pyridine rings is 1. The van der Waals surface area contributed by atoms with Crippen LogP contribution < -0.4 is 16.6 Å². The summed E-state index contributed by atoms with van der Waals surface area (Å²) in [6.45, 7) is 1.38. The predicted molar refractivity (Wildman–Crippen MR) is 120 cm³/mol. The minimum absolute atomic E-state index is 0.00890. The smallest absolute Gasteiger partial charge is 0.329 e. The van der Waals surface area contributed by atoms with Crippen molar-refractivity contribution in [1.29, 1.82) is 0 Å². The monoisotopic (exact) mass is 510 g/mol. The zero-order valence-electron chi connectivity index (χ0n) is 18.4. The Balaban J connectivity index is 1.78. The minimum atomic E-state index is -3.34. The molecular formula is C22H21F3N4O5S. The Bertz CT molecular complexity index is 1520. The third kappa shape index (κ3) is 4.99. The van der Waals surface area contributed by atoms with E-state index in [1.807, 2.05) is 0 Å². The lowest BCUT2D eigenvalue weighted by atomic mass is 9.92. The first-order chi connectivity index (χ1) is 16.5. The Kier molecular flexibility index (Phi) is 6.54. The van der Waals surface area contributed by atoms with Crippen LogP contribution in [0.5, 0.6) is 0 Å². The van der Waals surface area contributed by atoms with Crippen LogP contribution >= 0.6 is 0 Å². The molecule has 3 aromatic rings. The summed E-state index contributed by atoms with van der Waals surface area (Å²) in [6.07, 6.45) is 0.758. The second-order valence-electron chi connectivity index (χ2n) is 8.48.